The van der Waals surface area contributed by atoms with Gasteiger partial charge in [-0.1, -0.05) is 12.1 Å². The number of hydrogen-bond acceptors (Lipinski definition) is 5. The zero-order valence-electron chi connectivity index (χ0n) is 15.0. The molecule has 0 saturated heterocycles. The molecule has 1 amide bonds. The third-order valence-corrected chi connectivity index (χ3v) is 6.19. The summed E-state index contributed by atoms with van der Waals surface area (Å²) in [4.78, 5) is 13.8. The number of anilines is 1. The number of rotatable bonds is 5. The maximum Gasteiger partial charge on any atom is 0.265 e. The molecule has 9 heteroatoms. The first-order valence-electron chi connectivity index (χ1n) is 8.07. The topological polar surface area (TPSA) is 98.5 Å². The van der Waals surface area contributed by atoms with Crippen LogP contribution in [0.2, 0.25) is 0 Å². The van der Waals surface area contributed by atoms with Crippen molar-refractivity contribution in [2.45, 2.75) is 11.8 Å². The lowest BCUT2D eigenvalue weighted by Gasteiger charge is -2.11. The molecule has 0 spiro atoms. The zero-order valence-corrected chi connectivity index (χ0v) is 16.7. The Morgan fingerprint density at radius 1 is 1.14 bits per heavy atom. The lowest BCUT2D eigenvalue weighted by atomic mass is 10.1. The SMILES string of the molecule is COc1ccc(S(N)(=O)=O)cc1NC(=O)c1cc(C)c(-c2ccc(F)cc2)s1. The molecule has 2 aromatic carbocycles. The third kappa shape index (κ3) is 4.22. The van der Waals surface area contributed by atoms with Crippen molar-refractivity contribution in [3.8, 4) is 16.2 Å². The number of nitrogens with one attached hydrogen (secondary N) is 1. The summed E-state index contributed by atoms with van der Waals surface area (Å²) in [5.41, 5.74) is 1.86. The molecule has 0 unspecified atom stereocenters. The molecule has 0 atom stereocenters. The summed E-state index contributed by atoms with van der Waals surface area (Å²) >= 11 is 1.25. The molecule has 3 rings (SSSR count). The van der Waals surface area contributed by atoms with Crippen LogP contribution in [0.5, 0.6) is 5.75 Å². The van der Waals surface area contributed by atoms with Gasteiger partial charge in [-0.3, -0.25) is 4.79 Å². The third-order valence-electron chi connectivity index (χ3n) is 4.00. The smallest absolute Gasteiger partial charge is 0.265 e. The van der Waals surface area contributed by atoms with Crippen molar-refractivity contribution in [2.24, 2.45) is 5.14 Å². The van der Waals surface area contributed by atoms with E-state index in [2.05, 4.69) is 5.32 Å². The van der Waals surface area contributed by atoms with E-state index < -0.39 is 15.9 Å². The lowest BCUT2D eigenvalue weighted by Crippen LogP contribution is -2.15. The number of carbonyl (C=O) groups excluding carboxylic acids is 1. The number of nitrogens with two attached hydrogens (primary N) is 1. The van der Waals surface area contributed by atoms with Crippen molar-refractivity contribution < 1.29 is 22.3 Å². The van der Waals surface area contributed by atoms with Crippen LogP contribution in [0.3, 0.4) is 0 Å². The molecule has 3 N–H and O–H groups in total. The van der Waals surface area contributed by atoms with Crippen LogP contribution in [-0.4, -0.2) is 21.4 Å². The van der Waals surface area contributed by atoms with E-state index in [1.807, 2.05) is 6.92 Å². The highest BCUT2D eigenvalue weighted by atomic mass is 32.2. The lowest BCUT2D eigenvalue weighted by molar-refractivity contribution is 0.103. The van der Waals surface area contributed by atoms with Crippen molar-refractivity contribution in [3.05, 3.63) is 64.8 Å². The Hall–Kier alpha value is -2.75. The van der Waals surface area contributed by atoms with Gasteiger partial charge in [0.25, 0.3) is 5.91 Å². The van der Waals surface area contributed by atoms with E-state index >= 15 is 0 Å². The molecule has 0 aliphatic heterocycles. The van der Waals surface area contributed by atoms with Crippen LogP contribution >= 0.6 is 11.3 Å². The Bertz CT molecular complexity index is 1140. The van der Waals surface area contributed by atoms with E-state index in [-0.39, 0.29) is 16.4 Å². The first kappa shape index (κ1) is 20.0. The second-order valence-corrected chi connectivity index (χ2v) is 8.60. The van der Waals surface area contributed by atoms with Crippen molar-refractivity contribution >= 4 is 33.0 Å². The Morgan fingerprint density at radius 2 is 1.82 bits per heavy atom. The molecule has 0 aliphatic carbocycles. The average Bonchev–Trinajstić information content (AvgIpc) is 3.03. The van der Waals surface area contributed by atoms with Crippen LogP contribution in [0.1, 0.15) is 15.2 Å². The molecule has 6 nitrogen and oxygen atoms in total. The summed E-state index contributed by atoms with van der Waals surface area (Å²) in [6, 6.07) is 11.7. The molecule has 0 saturated carbocycles. The standard InChI is InChI=1S/C19H17FN2O4S2/c1-11-9-17(27-18(11)12-3-5-13(20)6-4-12)19(23)22-15-10-14(28(21,24)25)7-8-16(15)26-2/h3-10H,1-2H3,(H,22,23)(H2,21,24,25). The van der Waals surface area contributed by atoms with E-state index in [9.17, 15) is 17.6 Å². The molecule has 0 bridgehead atoms. The van der Waals surface area contributed by atoms with Crippen molar-refractivity contribution in [1.82, 2.24) is 0 Å². The van der Waals surface area contributed by atoms with Gasteiger partial charge in [0.1, 0.15) is 11.6 Å². The van der Waals surface area contributed by atoms with Crippen molar-refractivity contribution in [2.75, 3.05) is 12.4 Å². The van der Waals surface area contributed by atoms with Gasteiger partial charge in [0.15, 0.2) is 0 Å². The number of hydrogen-bond donors (Lipinski definition) is 2. The predicted octanol–water partition coefficient (Wildman–Crippen LogP) is 3.77. The van der Waals surface area contributed by atoms with Crippen LogP contribution in [0.4, 0.5) is 10.1 Å². The van der Waals surface area contributed by atoms with Gasteiger partial charge < -0.3 is 10.1 Å². The van der Waals surface area contributed by atoms with Gasteiger partial charge >= 0.3 is 0 Å². The molecule has 3 aromatic rings. The minimum absolute atomic E-state index is 0.141. The van der Waals surface area contributed by atoms with Gasteiger partial charge in [-0.2, -0.15) is 0 Å². The summed E-state index contributed by atoms with van der Waals surface area (Å²) in [6.07, 6.45) is 0. The summed E-state index contributed by atoms with van der Waals surface area (Å²) < 4.78 is 41.5. The largest absolute Gasteiger partial charge is 0.495 e. The number of thiophene rings is 1. The molecule has 0 aliphatic rings. The Morgan fingerprint density at radius 3 is 2.43 bits per heavy atom. The zero-order chi connectivity index (χ0) is 20.5. The van der Waals surface area contributed by atoms with Crippen molar-refractivity contribution in [1.29, 1.82) is 0 Å². The van der Waals surface area contributed by atoms with Crippen LogP contribution in [0.15, 0.2) is 53.4 Å². The van der Waals surface area contributed by atoms with Crippen molar-refractivity contribution in [3.63, 3.8) is 0 Å². The second-order valence-electron chi connectivity index (χ2n) is 5.99. The van der Waals surface area contributed by atoms with Gasteiger partial charge in [0.05, 0.1) is 22.6 Å². The van der Waals surface area contributed by atoms with Gasteiger partial charge in [-0.05, 0) is 54.4 Å². The highest BCUT2D eigenvalue weighted by Gasteiger charge is 2.18. The summed E-state index contributed by atoms with van der Waals surface area (Å²) in [5.74, 6) is -0.461. The predicted molar refractivity (Wildman–Crippen MR) is 107 cm³/mol. The molecule has 1 heterocycles. The maximum absolute atomic E-state index is 13.1. The number of sulfonamides is 1. The summed E-state index contributed by atoms with van der Waals surface area (Å²) in [5, 5.41) is 7.81. The number of methoxy groups -OCH3 is 1. The number of amides is 1. The van der Waals surface area contributed by atoms with Crippen LogP contribution < -0.4 is 15.2 Å². The molecule has 0 radical (unpaired) electrons. The second kappa shape index (κ2) is 7.70. The molecule has 28 heavy (non-hydrogen) atoms. The fourth-order valence-corrected chi connectivity index (χ4v) is 4.24. The Labute approximate surface area is 165 Å². The first-order chi connectivity index (χ1) is 13.2. The molecular formula is C19H17FN2O4S2. The van der Waals surface area contributed by atoms with E-state index in [1.165, 1.54) is 48.8 Å². The number of carbonyl (C=O) groups is 1. The Kier molecular flexibility index (Phi) is 5.50. The highest BCUT2D eigenvalue weighted by molar-refractivity contribution is 7.89. The molecule has 1 aromatic heterocycles. The monoisotopic (exact) mass is 420 g/mol. The molecular weight excluding hydrogens is 403 g/mol. The van der Waals surface area contributed by atoms with E-state index in [0.717, 1.165) is 16.0 Å². The highest BCUT2D eigenvalue weighted by Crippen LogP contribution is 2.34. The number of halogens is 1. The fourth-order valence-electron chi connectivity index (χ4n) is 2.63. The van der Waals surface area contributed by atoms with Crippen LogP contribution in [0.25, 0.3) is 10.4 Å². The molecule has 0 fully saturated rings. The first-order valence-corrected chi connectivity index (χ1v) is 10.4. The van der Waals surface area contributed by atoms with Crippen LogP contribution in [-0.2, 0) is 10.0 Å². The van der Waals surface area contributed by atoms with E-state index in [0.29, 0.717) is 10.6 Å². The maximum atomic E-state index is 13.1. The minimum Gasteiger partial charge on any atom is -0.495 e. The summed E-state index contributed by atoms with van der Waals surface area (Å²) in [6.45, 7) is 1.86. The summed E-state index contributed by atoms with van der Waals surface area (Å²) in [7, 11) is -2.52. The van der Waals surface area contributed by atoms with Gasteiger partial charge in [0, 0.05) is 4.88 Å². The average molecular weight is 420 g/mol. The normalized spacial score (nSPS) is 11.3. The number of aryl methyl sites for hydroxylation is 1. The van der Waals surface area contributed by atoms with E-state index in [4.69, 9.17) is 9.88 Å². The number of primary sulfonamides is 1. The van der Waals surface area contributed by atoms with E-state index in [1.54, 1.807) is 18.2 Å². The number of benzene rings is 2. The Balaban J connectivity index is 1.92. The molecule has 146 valence electrons. The van der Waals surface area contributed by atoms with Gasteiger partial charge in [-0.15, -0.1) is 11.3 Å². The number of ether oxygens (including phenoxy) is 1. The quantitative estimate of drug-likeness (QED) is 0.656. The van der Waals surface area contributed by atoms with Crippen LogP contribution in [0, 0.1) is 12.7 Å². The van der Waals surface area contributed by atoms with Gasteiger partial charge in [0.2, 0.25) is 10.0 Å². The van der Waals surface area contributed by atoms with Gasteiger partial charge in [-0.25, -0.2) is 17.9 Å². The minimum atomic E-state index is -3.93. The fraction of sp³-hybridized carbons (Fsp3) is 0.105.